The summed E-state index contributed by atoms with van der Waals surface area (Å²) in [5.41, 5.74) is 33.7. The Morgan fingerprint density at radius 3 is 0.981 bits per heavy atom. The molecule has 4 nitrogen and oxygen atoms in total. The first kappa shape index (κ1) is 66.1. The van der Waals surface area contributed by atoms with Crippen molar-refractivity contribution in [3.05, 3.63) is 307 Å². The predicted molar refractivity (Wildman–Crippen MR) is 452 cm³/mol. The van der Waals surface area contributed by atoms with E-state index in [1.807, 2.05) is 0 Å². The molecule has 0 spiro atoms. The second kappa shape index (κ2) is 24.9. The summed E-state index contributed by atoms with van der Waals surface area (Å²) in [5, 5.41) is 5.01. The zero-order valence-electron chi connectivity index (χ0n) is 63.0. The fourth-order valence-corrected chi connectivity index (χ4v) is 17.8. The van der Waals surface area contributed by atoms with Crippen LogP contribution in [0.5, 0.6) is 0 Å². The molecule has 0 atom stereocenters. The van der Waals surface area contributed by atoms with Crippen molar-refractivity contribution < 1.29 is 0 Å². The number of rotatable bonds is 9. The van der Waals surface area contributed by atoms with Crippen LogP contribution in [0.3, 0.4) is 0 Å². The van der Waals surface area contributed by atoms with Gasteiger partial charge in [0.05, 0.1) is 33.4 Å². The number of fused-ring (bicyclic) bond motifs is 10. The minimum Gasteiger partial charge on any atom is -0.310 e. The Hall–Kier alpha value is -10.9. The Balaban J connectivity index is 1.04. The van der Waals surface area contributed by atoms with E-state index in [0.29, 0.717) is 5.92 Å². The minimum absolute atomic E-state index is 0.0843. The molecule has 1 saturated carbocycles. The molecular formula is C100H93BN4. The summed E-state index contributed by atoms with van der Waals surface area (Å²) in [7, 11) is 0. The Morgan fingerprint density at radius 1 is 0.286 bits per heavy atom. The van der Waals surface area contributed by atoms with Crippen molar-refractivity contribution >= 4 is 101 Å². The molecule has 0 saturated heterocycles. The highest BCUT2D eigenvalue weighted by Crippen LogP contribution is 2.56. The molecule has 0 amide bonds. The number of nitrogens with zero attached hydrogens (tertiary/aromatic N) is 4. The molecule has 2 aliphatic heterocycles. The molecule has 1 aliphatic carbocycles. The number of hydrogen-bond acceptors (Lipinski definition) is 2. The van der Waals surface area contributed by atoms with E-state index in [0.717, 1.165) is 24.2 Å². The molecule has 5 heteroatoms. The maximum Gasteiger partial charge on any atom is 0.252 e. The van der Waals surface area contributed by atoms with Gasteiger partial charge in [-0.2, -0.15) is 0 Å². The highest BCUT2D eigenvalue weighted by atomic mass is 15.2. The third-order valence-electron chi connectivity index (χ3n) is 23.5. The summed E-state index contributed by atoms with van der Waals surface area (Å²) in [4.78, 5) is 5.60. The number of benzene rings is 13. The van der Waals surface area contributed by atoms with Gasteiger partial charge in [0.1, 0.15) is 0 Å². The topological polar surface area (TPSA) is 16.3 Å². The average Bonchev–Trinajstić information content (AvgIpc) is 1.32. The van der Waals surface area contributed by atoms with Gasteiger partial charge in [0.25, 0.3) is 6.71 Å². The molecule has 516 valence electrons. The fraction of sp³-hybridized carbons (Fsp3) is 0.220. The van der Waals surface area contributed by atoms with E-state index in [4.69, 9.17) is 0 Å². The Morgan fingerprint density at radius 2 is 0.619 bits per heavy atom. The molecule has 0 unspecified atom stereocenters. The van der Waals surface area contributed by atoms with Crippen molar-refractivity contribution in [2.45, 2.75) is 143 Å². The molecule has 105 heavy (non-hydrogen) atoms. The first-order valence-electron chi connectivity index (χ1n) is 38.4. The van der Waals surface area contributed by atoms with Crippen LogP contribution in [-0.4, -0.2) is 15.8 Å². The van der Waals surface area contributed by atoms with Crippen LogP contribution in [0.1, 0.15) is 149 Å². The van der Waals surface area contributed by atoms with Gasteiger partial charge < -0.3 is 18.9 Å². The molecule has 3 aliphatic rings. The zero-order chi connectivity index (χ0) is 72.0. The minimum atomic E-state index is -0.212. The van der Waals surface area contributed by atoms with Gasteiger partial charge in [-0.25, -0.2) is 0 Å². The molecule has 18 rings (SSSR count). The van der Waals surface area contributed by atoms with Crippen LogP contribution in [0, 0.1) is 0 Å². The number of hydrogen-bond donors (Lipinski definition) is 0. The van der Waals surface area contributed by atoms with Gasteiger partial charge in [0, 0.05) is 77.9 Å². The van der Waals surface area contributed by atoms with Gasteiger partial charge in [0.15, 0.2) is 0 Å². The smallest absolute Gasteiger partial charge is 0.252 e. The first-order valence-corrected chi connectivity index (χ1v) is 38.4. The normalized spacial score (nSPS) is 14.2. The highest BCUT2D eigenvalue weighted by Gasteiger charge is 2.47. The largest absolute Gasteiger partial charge is 0.310 e. The zero-order valence-corrected chi connectivity index (χ0v) is 63.0. The van der Waals surface area contributed by atoms with E-state index in [-0.39, 0.29) is 28.4 Å². The SMILES string of the molecule is CC(C)(C)c1cc(-c2ccccc2)c(N2c3cc(-n4c5ccccc5c5ccccc54)ccc3B3c4ccc(-n5c6cc(C(C)(C)C)ccc6c6ccc(C(C)(C)C)cc65)cc4N(c4c(-c5ccccc5)cc(C(C)(C)C)cc4-c4ccccc4)c4cc(C5CCCCC5)cc2c43)c(-c2ccccc2)c1. The Kier molecular flexibility index (Phi) is 15.7. The lowest BCUT2D eigenvalue weighted by Gasteiger charge is -2.46. The van der Waals surface area contributed by atoms with Crippen LogP contribution < -0.4 is 26.2 Å². The van der Waals surface area contributed by atoms with Gasteiger partial charge in [-0.1, -0.05) is 296 Å². The van der Waals surface area contributed by atoms with Crippen molar-refractivity contribution in [3.63, 3.8) is 0 Å². The monoisotopic (exact) mass is 1360 g/mol. The van der Waals surface area contributed by atoms with Gasteiger partial charge in [0.2, 0.25) is 0 Å². The van der Waals surface area contributed by atoms with Crippen molar-refractivity contribution in [1.82, 2.24) is 9.13 Å². The molecule has 0 N–H and O–H groups in total. The first-order chi connectivity index (χ1) is 50.6. The van der Waals surface area contributed by atoms with Crippen molar-refractivity contribution in [2.24, 2.45) is 0 Å². The average molecular weight is 1360 g/mol. The Bertz CT molecular complexity index is 5680. The van der Waals surface area contributed by atoms with Crippen LogP contribution in [0.25, 0.3) is 99.5 Å². The fourth-order valence-electron chi connectivity index (χ4n) is 17.8. The van der Waals surface area contributed by atoms with E-state index in [1.165, 1.54) is 186 Å². The molecule has 13 aromatic carbocycles. The van der Waals surface area contributed by atoms with Crippen LogP contribution in [0.15, 0.2) is 279 Å². The lowest BCUT2D eigenvalue weighted by Crippen LogP contribution is -2.61. The summed E-state index contributed by atoms with van der Waals surface area (Å²) in [5.74, 6) is 0.336. The van der Waals surface area contributed by atoms with Crippen molar-refractivity contribution in [2.75, 3.05) is 9.80 Å². The predicted octanol–water partition coefficient (Wildman–Crippen LogP) is 25.9. The summed E-state index contributed by atoms with van der Waals surface area (Å²) in [6.07, 6.45) is 5.92. The highest BCUT2D eigenvalue weighted by molar-refractivity contribution is 7.00. The maximum absolute atomic E-state index is 2.81. The summed E-state index contributed by atoms with van der Waals surface area (Å²) >= 11 is 0. The third kappa shape index (κ3) is 11.2. The molecule has 4 heterocycles. The lowest BCUT2D eigenvalue weighted by molar-refractivity contribution is 0.444. The van der Waals surface area contributed by atoms with Crippen molar-refractivity contribution in [3.8, 4) is 55.9 Å². The molecule has 0 bridgehead atoms. The molecule has 1 fully saturated rings. The quantitative estimate of drug-likeness (QED) is 0.134. The molecule has 0 radical (unpaired) electrons. The summed E-state index contributed by atoms with van der Waals surface area (Å²) in [6, 6.07) is 109. The van der Waals surface area contributed by atoms with Crippen molar-refractivity contribution in [1.29, 1.82) is 0 Å². The van der Waals surface area contributed by atoms with E-state index in [9.17, 15) is 0 Å². The van der Waals surface area contributed by atoms with Gasteiger partial charge in [-0.05, 0) is 192 Å². The number of aromatic nitrogens is 2. The second-order valence-corrected chi connectivity index (χ2v) is 34.4. The van der Waals surface area contributed by atoms with E-state index < -0.39 is 0 Å². The van der Waals surface area contributed by atoms with Gasteiger partial charge in [-0.15, -0.1) is 0 Å². The number of para-hydroxylation sites is 2. The van der Waals surface area contributed by atoms with Crippen LogP contribution in [0.2, 0.25) is 0 Å². The van der Waals surface area contributed by atoms with E-state index in [1.54, 1.807) is 0 Å². The summed E-state index contributed by atoms with van der Waals surface area (Å²) in [6.45, 7) is 28.2. The van der Waals surface area contributed by atoms with E-state index in [2.05, 4.69) is 381 Å². The third-order valence-corrected chi connectivity index (χ3v) is 23.5. The van der Waals surface area contributed by atoms with Crippen LogP contribution in [0.4, 0.5) is 34.1 Å². The van der Waals surface area contributed by atoms with Gasteiger partial charge in [-0.3, -0.25) is 0 Å². The molecule has 15 aromatic rings. The number of anilines is 6. The van der Waals surface area contributed by atoms with Crippen LogP contribution in [-0.2, 0) is 21.7 Å². The standard InChI is InChI=1S/C100H93BN4/c1-97(2,3)70-46-50-78-79-51-47-71(98(4,5)6)61-89(79)103(88(78)60-70)75-49-53-85-91(63-75)105(96-82(67-38-24-16-25-39-67)58-73(100(10,11)12)59-83(96)68-40-26-17-27-41-68)93-55-69(64-32-18-13-19-33-64)54-92-94(93)101(85)84-52-48-74(102-86-44-30-28-42-76(86)77-43-29-31-45-87(77)102)62-90(84)104(92)95-80(65-34-20-14-21-35-65)56-72(99(7,8)9)57-81(95)66-36-22-15-23-37-66/h14-17,20-31,34-64H,13,18-19,32-33H2,1-12H3. The van der Waals surface area contributed by atoms with Crippen LogP contribution >= 0.6 is 0 Å². The Labute approximate surface area is 621 Å². The summed E-state index contributed by atoms with van der Waals surface area (Å²) < 4.78 is 5.15. The van der Waals surface area contributed by atoms with Gasteiger partial charge >= 0.3 is 0 Å². The second-order valence-electron chi connectivity index (χ2n) is 34.4. The molecular weight excluding hydrogens is 1270 g/mol. The van der Waals surface area contributed by atoms with E-state index >= 15 is 0 Å². The lowest BCUT2D eigenvalue weighted by atomic mass is 9.33. The molecule has 2 aromatic heterocycles. The maximum atomic E-state index is 2.81.